The van der Waals surface area contributed by atoms with E-state index in [0.29, 0.717) is 23.2 Å². The minimum atomic E-state index is 0.447. The van der Waals surface area contributed by atoms with Crippen LogP contribution in [0.3, 0.4) is 0 Å². The number of hydrogen-bond donors (Lipinski definition) is 0. The maximum absolute atomic E-state index is 4.97. The van der Waals surface area contributed by atoms with Crippen molar-refractivity contribution >= 4 is 0 Å². The average molecular weight is 1390 g/mol. The van der Waals surface area contributed by atoms with Gasteiger partial charge in [0.05, 0.1) is 0 Å². The third-order valence-corrected chi connectivity index (χ3v) is 29.0. The summed E-state index contributed by atoms with van der Waals surface area (Å²) in [6.07, 6.45) is 83.7. The molecule has 0 saturated heterocycles. The van der Waals surface area contributed by atoms with Gasteiger partial charge in [0.2, 0.25) is 0 Å². The average Bonchev–Trinajstić information content (AvgIpc) is 0.764. The van der Waals surface area contributed by atoms with Crippen LogP contribution in [0.5, 0.6) is 0 Å². The lowest BCUT2D eigenvalue weighted by atomic mass is 9.59. The maximum atomic E-state index is 4.97. The van der Waals surface area contributed by atoms with Crippen molar-refractivity contribution in [1.82, 2.24) is 0 Å². The Morgan fingerprint density at radius 2 is 0.830 bits per heavy atom. The van der Waals surface area contributed by atoms with Gasteiger partial charge >= 0.3 is 0 Å². The van der Waals surface area contributed by atoms with Crippen molar-refractivity contribution in [2.75, 3.05) is 0 Å². The van der Waals surface area contributed by atoms with Gasteiger partial charge in [-0.05, 0) is 226 Å². The van der Waals surface area contributed by atoms with Crippen molar-refractivity contribution in [3.8, 4) is 0 Å². The minimum absolute atomic E-state index is 0.447. The Morgan fingerprint density at radius 1 is 0.420 bits per heavy atom. The molecule has 0 aliphatic heterocycles. The van der Waals surface area contributed by atoms with Gasteiger partial charge in [0.15, 0.2) is 0 Å². The Hall–Kier alpha value is -1.30. The quantitative estimate of drug-likeness (QED) is 0.0450. The van der Waals surface area contributed by atoms with Crippen LogP contribution in [0.1, 0.15) is 490 Å². The van der Waals surface area contributed by atoms with E-state index in [1.165, 1.54) is 384 Å². The van der Waals surface area contributed by atoms with E-state index in [2.05, 4.69) is 118 Å². The van der Waals surface area contributed by atoms with Crippen LogP contribution in [0.4, 0.5) is 0 Å². The molecule has 1 aromatic carbocycles. The third-order valence-electron chi connectivity index (χ3n) is 29.0. The van der Waals surface area contributed by atoms with Gasteiger partial charge < -0.3 is 0 Å². The smallest absolute Gasteiger partial charge is 0.0206 e. The zero-order valence-electron chi connectivity index (χ0n) is 72.1. The first-order chi connectivity index (χ1) is 48.2. The van der Waals surface area contributed by atoms with Crippen LogP contribution < -0.4 is 0 Å². The highest BCUT2D eigenvalue weighted by Gasteiger charge is 2.40. The van der Waals surface area contributed by atoms with Gasteiger partial charge in [0.1, 0.15) is 0 Å². The predicted octanol–water partition coefficient (Wildman–Crippen LogP) is 34.5. The Bertz CT molecular complexity index is 2130. The van der Waals surface area contributed by atoms with E-state index in [1.807, 2.05) is 0 Å². The summed E-state index contributed by atoms with van der Waals surface area (Å²) in [7, 11) is 0. The van der Waals surface area contributed by atoms with Gasteiger partial charge in [0, 0.05) is 0 Å². The Kier molecular flexibility index (Phi) is 52.9. The molecule has 0 radical (unpaired) electrons. The van der Waals surface area contributed by atoms with E-state index < -0.39 is 0 Å². The summed E-state index contributed by atoms with van der Waals surface area (Å²) in [6.45, 7) is 52.6. The molecule has 100 heavy (non-hydrogen) atoms. The van der Waals surface area contributed by atoms with Gasteiger partial charge in [0.25, 0.3) is 0 Å². The van der Waals surface area contributed by atoms with E-state index in [4.69, 9.17) is 13.2 Å². The Balaban J connectivity index is 1.39. The predicted molar refractivity (Wildman–Crippen MR) is 456 cm³/mol. The highest BCUT2D eigenvalue weighted by atomic mass is 14.5. The maximum Gasteiger partial charge on any atom is -0.0206 e. The summed E-state index contributed by atoms with van der Waals surface area (Å²) < 4.78 is 0. The van der Waals surface area contributed by atoms with Crippen LogP contribution in [0.2, 0.25) is 0 Å². The molecule has 1 saturated carbocycles. The number of rotatable bonds is 66. The van der Waals surface area contributed by atoms with E-state index in [0.717, 1.165) is 59.2 Å². The molecule has 0 nitrogen and oxygen atoms in total. The van der Waals surface area contributed by atoms with Crippen molar-refractivity contribution in [1.29, 1.82) is 0 Å². The van der Waals surface area contributed by atoms with Crippen LogP contribution in [-0.4, -0.2) is 0 Å². The molecule has 586 valence electrons. The largest absolute Gasteiger partial charge is 0.0996 e. The molecule has 13 atom stereocenters. The van der Waals surface area contributed by atoms with Gasteiger partial charge in [-0.25, -0.2) is 0 Å². The fourth-order valence-corrected chi connectivity index (χ4v) is 20.2. The second-order valence-corrected chi connectivity index (χ2v) is 37.8. The first-order valence-electron chi connectivity index (χ1n) is 46.6. The number of benzene rings is 1. The van der Waals surface area contributed by atoms with Gasteiger partial charge in [-0.2, -0.15) is 0 Å². The Labute approximate surface area is 632 Å². The Morgan fingerprint density at radius 3 is 1.28 bits per heavy atom. The van der Waals surface area contributed by atoms with Crippen molar-refractivity contribution in [3.05, 3.63) is 57.7 Å². The summed E-state index contributed by atoms with van der Waals surface area (Å²) in [6, 6.07) is 0. The molecular formula is C100H186. The summed E-state index contributed by atoms with van der Waals surface area (Å²) in [5.74, 6) is 10.4. The molecule has 3 rings (SSSR count). The molecule has 0 aromatic heterocycles. The molecule has 2 aliphatic carbocycles. The summed E-state index contributed by atoms with van der Waals surface area (Å²) in [5, 5.41) is 0. The molecule has 1 aromatic rings. The van der Waals surface area contributed by atoms with E-state index in [-0.39, 0.29) is 0 Å². The monoisotopic (exact) mass is 1390 g/mol. The highest BCUT2D eigenvalue weighted by molar-refractivity contribution is 5.52. The number of hydrogen-bond acceptors (Lipinski definition) is 0. The number of fused-ring (bicyclic) bond motifs is 1. The highest BCUT2D eigenvalue weighted by Crippen LogP contribution is 2.49. The lowest BCUT2D eigenvalue weighted by Gasteiger charge is -2.46. The van der Waals surface area contributed by atoms with E-state index >= 15 is 0 Å². The molecular weight excluding hydrogens is 1200 g/mol. The molecule has 0 heterocycles. The summed E-state index contributed by atoms with van der Waals surface area (Å²) in [4.78, 5) is 0. The van der Waals surface area contributed by atoms with Crippen molar-refractivity contribution in [2.45, 2.75) is 497 Å². The fraction of sp³-hybridized carbons (Fsp3) is 0.900. The lowest BCUT2D eigenvalue weighted by molar-refractivity contribution is 0.0339. The zero-order valence-corrected chi connectivity index (χ0v) is 72.1. The molecule has 0 amide bonds. The van der Waals surface area contributed by atoms with Crippen molar-refractivity contribution < 1.29 is 0 Å². The van der Waals surface area contributed by atoms with Crippen LogP contribution >= 0.6 is 0 Å². The normalized spacial score (nSPS) is 20.9. The van der Waals surface area contributed by atoms with Crippen molar-refractivity contribution in [3.63, 3.8) is 0 Å². The molecule has 0 heteroatoms. The molecule has 1 fully saturated rings. The number of allylic oxidation sites excluding steroid dienone is 2. The van der Waals surface area contributed by atoms with Crippen LogP contribution in [-0.2, 0) is 19.3 Å². The molecule has 1 unspecified atom stereocenters. The second kappa shape index (κ2) is 56.9. The van der Waals surface area contributed by atoms with Crippen LogP contribution in [0.25, 0.3) is 0 Å². The topological polar surface area (TPSA) is 0 Å². The zero-order chi connectivity index (χ0) is 73.3. The molecule has 0 N–H and O–H groups in total. The first kappa shape index (κ1) is 92.9. The summed E-state index contributed by atoms with van der Waals surface area (Å²) in [5.41, 5.74) is 13.7. The molecule has 0 spiro atoms. The van der Waals surface area contributed by atoms with Gasteiger partial charge in [-0.3, -0.25) is 0 Å². The SMILES string of the molecule is C=C(CCCCCCCCCCCCCCCCCCCCCCCCCCCCCCCCCCCCC)C(CCCCC(=C)[C@H](C)[C@@H](C)[C@H](C[C@@H]1C[C@H](CC)[C@H](C)[C@H](C)[C@H]1C)[C@H](C)CC)CCCc1c(C)c(C)c2c(c1C)CC[C@@](C)(CCC[C@H](C)CCC[C@H](C)CCCC(C)C)C2. The molecule has 2 aliphatic rings. The standard InChI is InChI=1S/C100H186/c1-20-23-24-25-26-27-28-29-30-31-32-33-34-35-36-37-38-39-40-41-42-43-44-45-46-47-48-49-50-51-52-53-54-55-56-69-84(10)94(70-58-57-68-83(9)85(11)89(15)98(82(8)21-2)77-95-76-93(22-3)87(13)86(12)88(95)14)71-61-72-96-90(16)91(17)99-78-100(19,75-73-97(99)92(96)18)74-62-67-81(7)66-60-65-80(6)64-59-63-79(4)5/h79-82,85-89,93-95,98H,9-10,20-78H2,1-8,11-19H3/t80-,81-,82-,85+,86+,87-,88-,89-,93+,94?,95+,98-,100-/m1/s1. The molecule has 0 bridgehead atoms. The number of unbranched alkanes of at least 4 members (excludes halogenated alkanes) is 35. The van der Waals surface area contributed by atoms with Crippen LogP contribution in [0, 0.1) is 103 Å². The van der Waals surface area contributed by atoms with Gasteiger partial charge in [-0.1, -0.05) is 410 Å². The minimum Gasteiger partial charge on any atom is -0.0996 e. The third kappa shape index (κ3) is 39.0. The first-order valence-corrected chi connectivity index (χ1v) is 46.6. The fourth-order valence-electron chi connectivity index (χ4n) is 20.2. The second-order valence-electron chi connectivity index (χ2n) is 37.8. The lowest BCUT2D eigenvalue weighted by Crippen LogP contribution is -2.38. The van der Waals surface area contributed by atoms with E-state index in [9.17, 15) is 0 Å². The van der Waals surface area contributed by atoms with Gasteiger partial charge in [-0.15, -0.1) is 0 Å². The van der Waals surface area contributed by atoms with Crippen molar-refractivity contribution in [2.24, 2.45) is 82.3 Å². The van der Waals surface area contributed by atoms with Crippen LogP contribution in [0.15, 0.2) is 24.3 Å². The summed E-state index contributed by atoms with van der Waals surface area (Å²) >= 11 is 0. The van der Waals surface area contributed by atoms with E-state index in [1.54, 1.807) is 39.0 Å².